The number of halogens is 1. The lowest BCUT2D eigenvalue weighted by Crippen LogP contribution is -2.22. The molecule has 1 atom stereocenters. The third-order valence-corrected chi connectivity index (χ3v) is 2.58. The predicted molar refractivity (Wildman–Crippen MR) is 51.7 cm³/mol. The number of rotatable bonds is 2. The smallest absolute Gasteiger partial charge is 0.168 e. The average Bonchev–Trinajstić information content (AvgIpc) is 2.60. The van der Waals surface area contributed by atoms with Gasteiger partial charge in [0.1, 0.15) is 0 Å². The highest BCUT2D eigenvalue weighted by atomic mass is 35.5. The van der Waals surface area contributed by atoms with Gasteiger partial charge in [0.05, 0.1) is 11.9 Å². The number of hydrogen-bond donors (Lipinski definition) is 1. The maximum absolute atomic E-state index is 11.4. The molecule has 0 radical (unpaired) electrons. The second kappa shape index (κ2) is 3.48. The zero-order chi connectivity index (χ0) is 9.26. The summed E-state index contributed by atoms with van der Waals surface area (Å²) in [5.41, 5.74) is 2.28. The topological polar surface area (TPSA) is 29.1 Å². The summed E-state index contributed by atoms with van der Waals surface area (Å²) in [6.07, 6.45) is 0. The summed E-state index contributed by atoms with van der Waals surface area (Å²) < 4.78 is 0. The van der Waals surface area contributed by atoms with Crippen LogP contribution in [0.1, 0.15) is 17.2 Å². The maximum Gasteiger partial charge on any atom is 0.168 e. The molecule has 1 aliphatic heterocycles. The largest absolute Gasteiger partial charge is 0.300 e. The van der Waals surface area contributed by atoms with Gasteiger partial charge in [-0.3, -0.25) is 10.1 Å². The average molecular weight is 196 g/mol. The molecule has 0 saturated heterocycles. The molecule has 1 aliphatic rings. The van der Waals surface area contributed by atoms with Gasteiger partial charge in [0, 0.05) is 6.54 Å². The van der Waals surface area contributed by atoms with Crippen molar-refractivity contribution in [2.45, 2.75) is 12.6 Å². The number of hydrogen-bond acceptors (Lipinski definition) is 2. The highest BCUT2D eigenvalue weighted by Crippen LogP contribution is 2.25. The molecule has 3 heteroatoms. The Kier molecular flexibility index (Phi) is 2.34. The molecule has 13 heavy (non-hydrogen) atoms. The molecule has 0 unspecified atom stereocenters. The Hall–Kier alpha value is -0.860. The first-order valence-electron chi connectivity index (χ1n) is 4.23. The molecule has 1 aromatic rings. The van der Waals surface area contributed by atoms with Gasteiger partial charge in [-0.2, -0.15) is 0 Å². The standard InChI is InChI=1S/C10H10ClNO/c11-5-9(13)10-8-4-2-1-3-7(8)6-12-10/h1-4,10,12H,5-6H2/t10-/m0/s1. The summed E-state index contributed by atoms with van der Waals surface area (Å²) in [7, 11) is 0. The molecule has 0 fully saturated rings. The van der Waals surface area contributed by atoms with Gasteiger partial charge in [0.25, 0.3) is 0 Å². The zero-order valence-corrected chi connectivity index (χ0v) is 7.84. The summed E-state index contributed by atoms with van der Waals surface area (Å²) in [4.78, 5) is 11.4. The molecule has 0 saturated carbocycles. The maximum atomic E-state index is 11.4. The highest BCUT2D eigenvalue weighted by molar-refractivity contribution is 6.28. The summed E-state index contributed by atoms with van der Waals surface area (Å²) in [5.74, 6) is 0.123. The fraction of sp³-hybridized carbons (Fsp3) is 0.300. The van der Waals surface area contributed by atoms with Gasteiger partial charge in [-0.1, -0.05) is 24.3 Å². The van der Waals surface area contributed by atoms with Gasteiger partial charge in [0.2, 0.25) is 0 Å². The van der Waals surface area contributed by atoms with Crippen molar-refractivity contribution in [3.05, 3.63) is 35.4 Å². The van der Waals surface area contributed by atoms with E-state index >= 15 is 0 Å². The van der Waals surface area contributed by atoms with Crippen LogP contribution in [0.15, 0.2) is 24.3 Å². The molecule has 0 spiro atoms. The number of carbonyl (C=O) groups is 1. The van der Waals surface area contributed by atoms with E-state index in [0.29, 0.717) is 0 Å². The number of alkyl halides is 1. The monoisotopic (exact) mass is 195 g/mol. The van der Waals surface area contributed by atoms with Crippen LogP contribution in [0.25, 0.3) is 0 Å². The van der Waals surface area contributed by atoms with Gasteiger partial charge >= 0.3 is 0 Å². The van der Waals surface area contributed by atoms with Crippen LogP contribution >= 0.6 is 11.6 Å². The summed E-state index contributed by atoms with van der Waals surface area (Å²) in [6.45, 7) is 0.767. The van der Waals surface area contributed by atoms with Crippen LogP contribution in [0.5, 0.6) is 0 Å². The molecule has 1 heterocycles. The van der Waals surface area contributed by atoms with E-state index in [0.717, 1.165) is 12.1 Å². The third-order valence-electron chi connectivity index (χ3n) is 2.32. The number of Topliss-reactive ketones (excluding diaryl/α,β-unsaturated/α-hetero) is 1. The molecule has 68 valence electrons. The van der Waals surface area contributed by atoms with Gasteiger partial charge in [-0.25, -0.2) is 0 Å². The van der Waals surface area contributed by atoms with Crippen LogP contribution in [0.3, 0.4) is 0 Å². The van der Waals surface area contributed by atoms with E-state index in [1.54, 1.807) is 0 Å². The number of fused-ring (bicyclic) bond motifs is 1. The van der Waals surface area contributed by atoms with Crippen molar-refractivity contribution in [3.8, 4) is 0 Å². The SMILES string of the molecule is O=C(CCl)[C@H]1NCc2ccccc21. The third kappa shape index (κ3) is 1.47. The van der Waals surface area contributed by atoms with E-state index < -0.39 is 0 Å². The van der Waals surface area contributed by atoms with Crippen molar-refractivity contribution >= 4 is 17.4 Å². The quantitative estimate of drug-likeness (QED) is 0.727. The van der Waals surface area contributed by atoms with E-state index in [9.17, 15) is 4.79 Å². The predicted octanol–water partition coefficient (Wildman–Crippen LogP) is 1.64. The van der Waals surface area contributed by atoms with Crippen molar-refractivity contribution in [2.24, 2.45) is 0 Å². The lowest BCUT2D eigenvalue weighted by Gasteiger charge is -2.07. The first-order valence-corrected chi connectivity index (χ1v) is 4.76. The molecule has 0 aromatic heterocycles. The first kappa shape index (κ1) is 8.73. The van der Waals surface area contributed by atoms with Crippen LogP contribution < -0.4 is 5.32 Å². The molecular weight excluding hydrogens is 186 g/mol. The van der Waals surface area contributed by atoms with Crippen LogP contribution in [-0.2, 0) is 11.3 Å². The van der Waals surface area contributed by atoms with Crippen molar-refractivity contribution in [1.29, 1.82) is 0 Å². The summed E-state index contributed by atoms with van der Waals surface area (Å²) >= 11 is 5.51. The van der Waals surface area contributed by atoms with E-state index in [-0.39, 0.29) is 17.7 Å². The molecule has 0 amide bonds. The second-order valence-electron chi connectivity index (χ2n) is 3.11. The van der Waals surface area contributed by atoms with Crippen LogP contribution in [-0.4, -0.2) is 11.7 Å². The second-order valence-corrected chi connectivity index (χ2v) is 3.38. The van der Waals surface area contributed by atoms with E-state index in [1.807, 2.05) is 24.3 Å². The molecule has 2 nitrogen and oxygen atoms in total. The van der Waals surface area contributed by atoms with Crippen molar-refractivity contribution in [1.82, 2.24) is 5.32 Å². The van der Waals surface area contributed by atoms with E-state index in [4.69, 9.17) is 11.6 Å². The van der Waals surface area contributed by atoms with Crippen LogP contribution in [0.4, 0.5) is 0 Å². The van der Waals surface area contributed by atoms with Gasteiger partial charge < -0.3 is 0 Å². The molecule has 1 N–H and O–H groups in total. The molecule has 0 aliphatic carbocycles. The van der Waals surface area contributed by atoms with Crippen molar-refractivity contribution < 1.29 is 4.79 Å². The minimum absolute atomic E-state index is 0.0478. The lowest BCUT2D eigenvalue weighted by atomic mass is 10.0. The van der Waals surface area contributed by atoms with Gasteiger partial charge in [-0.05, 0) is 11.1 Å². The Morgan fingerprint density at radius 3 is 3.08 bits per heavy atom. The Labute approximate surface area is 81.9 Å². The number of carbonyl (C=O) groups excluding carboxylic acids is 1. The van der Waals surface area contributed by atoms with E-state index in [2.05, 4.69) is 5.32 Å². The Bertz CT molecular complexity index is 337. The van der Waals surface area contributed by atoms with Gasteiger partial charge in [-0.15, -0.1) is 11.6 Å². The zero-order valence-electron chi connectivity index (χ0n) is 7.09. The van der Waals surface area contributed by atoms with Crippen LogP contribution in [0, 0.1) is 0 Å². The molecule has 2 rings (SSSR count). The van der Waals surface area contributed by atoms with Crippen molar-refractivity contribution in [2.75, 3.05) is 5.88 Å². The molecule has 0 bridgehead atoms. The first-order chi connectivity index (χ1) is 6.33. The number of nitrogens with one attached hydrogen (secondary N) is 1. The normalized spacial score (nSPS) is 19.9. The Morgan fingerprint density at radius 2 is 2.31 bits per heavy atom. The Balaban J connectivity index is 2.33. The molecule has 1 aromatic carbocycles. The fourth-order valence-corrected chi connectivity index (χ4v) is 1.82. The number of benzene rings is 1. The fourth-order valence-electron chi connectivity index (χ4n) is 1.66. The van der Waals surface area contributed by atoms with Crippen LogP contribution in [0.2, 0.25) is 0 Å². The minimum Gasteiger partial charge on any atom is -0.300 e. The minimum atomic E-state index is -0.186. The summed E-state index contributed by atoms with van der Waals surface area (Å²) in [6, 6.07) is 7.75. The van der Waals surface area contributed by atoms with E-state index in [1.165, 1.54) is 5.56 Å². The van der Waals surface area contributed by atoms with Crippen molar-refractivity contribution in [3.63, 3.8) is 0 Å². The highest BCUT2D eigenvalue weighted by Gasteiger charge is 2.26. The summed E-state index contributed by atoms with van der Waals surface area (Å²) in [5, 5.41) is 3.14. The lowest BCUT2D eigenvalue weighted by molar-refractivity contribution is -0.118. The van der Waals surface area contributed by atoms with Gasteiger partial charge in [0.15, 0.2) is 5.78 Å². The number of ketones is 1. The Morgan fingerprint density at radius 1 is 1.54 bits per heavy atom. The molecular formula is C10H10ClNO.